The highest BCUT2D eigenvalue weighted by Crippen LogP contribution is 2.21. The minimum atomic E-state index is 0.751. The number of hydrogen-bond donors (Lipinski definition) is 0. The van der Waals surface area contributed by atoms with Crippen molar-refractivity contribution in [2.45, 2.75) is 26.8 Å². The Morgan fingerprint density at radius 2 is 1.95 bits per heavy atom. The summed E-state index contributed by atoms with van der Waals surface area (Å²) in [4.78, 5) is 9.38. The summed E-state index contributed by atoms with van der Waals surface area (Å²) in [6, 6.07) is 8.65. The van der Waals surface area contributed by atoms with E-state index in [0.29, 0.717) is 0 Å². The second kappa shape index (κ2) is 6.31. The molecule has 0 atom stereocenters. The van der Waals surface area contributed by atoms with E-state index < -0.39 is 0 Å². The van der Waals surface area contributed by atoms with Gasteiger partial charge in [-0.15, -0.1) is 0 Å². The Bertz CT molecular complexity index is 593. The zero-order valence-electron chi connectivity index (χ0n) is 12.9. The Labute approximate surface area is 126 Å². The quantitative estimate of drug-likeness (QED) is 0.868. The predicted octanol–water partition coefficient (Wildman–Crippen LogP) is 3.00. The lowest BCUT2D eigenvalue weighted by Crippen LogP contribution is -2.30. The first-order valence-corrected chi connectivity index (χ1v) is 7.66. The summed E-state index contributed by atoms with van der Waals surface area (Å²) in [5, 5.41) is 0. The van der Waals surface area contributed by atoms with Crippen molar-refractivity contribution in [2.75, 3.05) is 31.1 Å². The fourth-order valence-corrected chi connectivity index (χ4v) is 3.00. The maximum atomic E-state index is 5.30. The molecule has 21 heavy (non-hydrogen) atoms. The zero-order chi connectivity index (χ0) is 14.7. The van der Waals surface area contributed by atoms with Crippen molar-refractivity contribution in [1.82, 2.24) is 9.88 Å². The van der Waals surface area contributed by atoms with Gasteiger partial charge in [0.15, 0.2) is 5.89 Å². The van der Waals surface area contributed by atoms with E-state index in [9.17, 15) is 0 Å². The molecule has 112 valence electrons. The first kappa shape index (κ1) is 14.1. The Morgan fingerprint density at radius 1 is 1.10 bits per heavy atom. The first-order valence-electron chi connectivity index (χ1n) is 7.66. The lowest BCUT2D eigenvalue weighted by atomic mass is 10.2. The summed E-state index contributed by atoms with van der Waals surface area (Å²) in [5.41, 5.74) is 3.77. The maximum Gasteiger partial charge on any atom is 0.191 e. The molecule has 3 rings (SSSR count). The number of nitrogens with zero attached hydrogens (tertiary/aromatic N) is 3. The molecule has 0 N–H and O–H groups in total. The van der Waals surface area contributed by atoms with Crippen molar-refractivity contribution in [3.8, 4) is 0 Å². The van der Waals surface area contributed by atoms with Gasteiger partial charge in [-0.2, -0.15) is 0 Å². The van der Waals surface area contributed by atoms with Crippen LogP contribution in [-0.2, 0) is 6.54 Å². The summed E-state index contributed by atoms with van der Waals surface area (Å²) in [7, 11) is 0. The molecule has 0 spiro atoms. The SMILES string of the molecule is Cc1nc(CN2CCCN(c3ccccc3C)CC2)co1. The Kier molecular flexibility index (Phi) is 4.25. The molecule has 4 heteroatoms. The van der Waals surface area contributed by atoms with Crippen LogP contribution in [-0.4, -0.2) is 36.1 Å². The van der Waals surface area contributed by atoms with E-state index in [2.05, 4.69) is 46.0 Å². The number of para-hydroxylation sites is 1. The van der Waals surface area contributed by atoms with Gasteiger partial charge in [-0.05, 0) is 25.0 Å². The van der Waals surface area contributed by atoms with E-state index in [0.717, 1.165) is 44.3 Å². The molecule has 1 aromatic heterocycles. The van der Waals surface area contributed by atoms with Crippen LogP contribution < -0.4 is 4.90 Å². The van der Waals surface area contributed by atoms with Crippen LogP contribution in [0.25, 0.3) is 0 Å². The average Bonchev–Trinajstić information content (AvgIpc) is 2.74. The molecule has 0 saturated carbocycles. The van der Waals surface area contributed by atoms with Crippen molar-refractivity contribution >= 4 is 5.69 Å². The second-order valence-corrected chi connectivity index (χ2v) is 5.76. The van der Waals surface area contributed by atoms with E-state index in [1.54, 1.807) is 6.26 Å². The van der Waals surface area contributed by atoms with Crippen LogP contribution in [0.4, 0.5) is 5.69 Å². The highest BCUT2D eigenvalue weighted by molar-refractivity contribution is 5.53. The van der Waals surface area contributed by atoms with Crippen molar-refractivity contribution < 1.29 is 4.42 Å². The van der Waals surface area contributed by atoms with Gasteiger partial charge in [-0.25, -0.2) is 4.98 Å². The number of anilines is 1. The van der Waals surface area contributed by atoms with Gasteiger partial charge in [0.1, 0.15) is 6.26 Å². The predicted molar refractivity (Wildman–Crippen MR) is 84.5 cm³/mol. The molecule has 0 amide bonds. The molecule has 4 nitrogen and oxygen atoms in total. The monoisotopic (exact) mass is 285 g/mol. The molecule has 0 radical (unpaired) electrons. The zero-order valence-corrected chi connectivity index (χ0v) is 12.9. The molecule has 1 saturated heterocycles. The summed E-state index contributed by atoms with van der Waals surface area (Å²) < 4.78 is 5.30. The van der Waals surface area contributed by atoms with Crippen LogP contribution in [0.1, 0.15) is 23.6 Å². The molecule has 0 bridgehead atoms. The van der Waals surface area contributed by atoms with Crippen molar-refractivity contribution in [3.63, 3.8) is 0 Å². The number of hydrogen-bond acceptors (Lipinski definition) is 4. The van der Waals surface area contributed by atoms with Crippen LogP contribution in [0, 0.1) is 13.8 Å². The van der Waals surface area contributed by atoms with Crippen LogP contribution in [0.3, 0.4) is 0 Å². The molecular weight excluding hydrogens is 262 g/mol. The van der Waals surface area contributed by atoms with Gasteiger partial charge in [-0.1, -0.05) is 18.2 Å². The molecule has 1 aliphatic rings. The third-order valence-corrected chi connectivity index (χ3v) is 4.10. The lowest BCUT2D eigenvalue weighted by molar-refractivity contribution is 0.282. The Balaban J connectivity index is 1.63. The molecule has 1 aromatic carbocycles. The standard InChI is InChI=1S/C17H23N3O/c1-14-6-3-4-7-17(14)20-9-5-8-19(10-11-20)12-16-13-21-15(2)18-16/h3-4,6-7,13H,5,8-12H2,1-2H3. The van der Waals surface area contributed by atoms with Crippen molar-refractivity contribution in [2.24, 2.45) is 0 Å². The average molecular weight is 285 g/mol. The van der Waals surface area contributed by atoms with Crippen molar-refractivity contribution in [1.29, 1.82) is 0 Å². The summed E-state index contributed by atoms with van der Waals surface area (Å²) in [6.07, 6.45) is 2.96. The van der Waals surface area contributed by atoms with E-state index in [1.807, 2.05) is 6.92 Å². The summed E-state index contributed by atoms with van der Waals surface area (Å²) in [6.45, 7) is 9.36. The van der Waals surface area contributed by atoms with Gasteiger partial charge in [0.2, 0.25) is 0 Å². The topological polar surface area (TPSA) is 32.5 Å². The number of aryl methyl sites for hydroxylation is 2. The van der Waals surface area contributed by atoms with E-state index in [1.165, 1.54) is 17.7 Å². The van der Waals surface area contributed by atoms with E-state index in [4.69, 9.17) is 4.42 Å². The normalized spacial score (nSPS) is 17.0. The third kappa shape index (κ3) is 3.45. The van der Waals surface area contributed by atoms with Crippen LogP contribution in [0.15, 0.2) is 34.9 Å². The number of benzene rings is 1. The Hall–Kier alpha value is -1.81. The first-order chi connectivity index (χ1) is 10.2. The highest BCUT2D eigenvalue weighted by Gasteiger charge is 2.17. The number of oxazole rings is 1. The maximum absolute atomic E-state index is 5.30. The minimum Gasteiger partial charge on any atom is -0.449 e. The largest absolute Gasteiger partial charge is 0.449 e. The number of rotatable bonds is 3. The summed E-state index contributed by atoms with van der Waals surface area (Å²) >= 11 is 0. The Morgan fingerprint density at radius 3 is 2.71 bits per heavy atom. The lowest BCUT2D eigenvalue weighted by Gasteiger charge is -2.25. The fourth-order valence-electron chi connectivity index (χ4n) is 3.00. The van der Waals surface area contributed by atoms with Gasteiger partial charge in [0.05, 0.1) is 5.69 Å². The molecular formula is C17H23N3O. The van der Waals surface area contributed by atoms with Gasteiger partial charge in [-0.3, -0.25) is 4.90 Å². The third-order valence-electron chi connectivity index (χ3n) is 4.10. The summed E-state index contributed by atoms with van der Waals surface area (Å²) in [5.74, 6) is 0.751. The van der Waals surface area contributed by atoms with Crippen LogP contribution >= 0.6 is 0 Å². The second-order valence-electron chi connectivity index (χ2n) is 5.76. The molecule has 0 aliphatic carbocycles. The van der Waals surface area contributed by atoms with Gasteiger partial charge in [0.25, 0.3) is 0 Å². The van der Waals surface area contributed by atoms with Crippen molar-refractivity contribution in [3.05, 3.63) is 47.7 Å². The molecule has 1 fully saturated rings. The van der Waals surface area contributed by atoms with E-state index in [-0.39, 0.29) is 0 Å². The molecule has 2 heterocycles. The van der Waals surface area contributed by atoms with Crippen LogP contribution in [0.5, 0.6) is 0 Å². The highest BCUT2D eigenvalue weighted by atomic mass is 16.3. The number of aromatic nitrogens is 1. The van der Waals surface area contributed by atoms with Gasteiger partial charge >= 0.3 is 0 Å². The fraction of sp³-hybridized carbons (Fsp3) is 0.471. The smallest absolute Gasteiger partial charge is 0.191 e. The van der Waals surface area contributed by atoms with Crippen LogP contribution in [0.2, 0.25) is 0 Å². The van der Waals surface area contributed by atoms with E-state index >= 15 is 0 Å². The molecule has 0 unspecified atom stereocenters. The van der Waals surface area contributed by atoms with Gasteiger partial charge < -0.3 is 9.32 Å². The molecule has 2 aromatic rings. The molecule has 1 aliphatic heterocycles. The minimum absolute atomic E-state index is 0.751. The van der Waals surface area contributed by atoms with Gasteiger partial charge in [0, 0.05) is 45.3 Å².